The summed E-state index contributed by atoms with van der Waals surface area (Å²) in [5.74, 6) is -1.92. The molecule has 1 rings (SSSR count). The van der Waals surface area contributed by atoms with E-state index in [-0.39, 0.29) is 0 Å². The van der Waals surface area contributed by atoms with Gasteiger partial charge in [0.2, 0.25) is 0 Å². The van der Waals surface area contributed by atoms with Gasteiger partial charge < -0.3 is 5.11 Å². The highest BCUT2D eigenvalue weighted by molar-refractivity contribution is 6.16. The molecule has 0 saturated carbocycles. The van der Waals surface area contributed by atoms with E-state index in [0.29, 0.717) is 5.57 Å². The highest BCUT2D eigenvalue weighted by atomic mass is 16.4. The minimum absolute atomic E-state index is 0.337. The van der Waals surface area contributed by atoms with E-state index in [4.69, 9.17) is 0 Å². The van der Waals surface area contributed by atoms with Crippen LogP contribution in [-0.4, -0.2) is 33.3 Å². The van der Waals surface area contributed by atoms with E-state index in [0.717, 1.165) is 4.90 Å². The van der Waals surface area contributed by atoms with Crippen molar-refractivity contribution in [2.75, 3.05) is 0 Å². The summed E-state index contributed by atoms with van der Waals surface area (Å²) in [7, 11) is 0. The number of rotatable bonds is 3. The van der Waals surface area contributed by atoms with Crippen molar-refractivity contribution >= 4 is 17.8 Å². The summed E-state index contributed by atoms with van der Waals surface area (Å²) in [6, 6.07) is 0. The highest BCUT2D eigenvalue weighted by Gasteiger charge is 2.52. The Hall–Kier alpha value is -1.65. The lowest BCUT2D eigenvalue weighted by Gasteiger charge is -2.43. The van der Waals surface area contributed by atoms with Crippen molar-refractivity contribution < 1.29 is 19.5 Å². The fourth-order valence-electron chi connectivity index (χ4n) is 1.66. The van der Waals surface area contributed by atoms with Crippen molar-refractivity contribution in [3.63, 3.8) is 0 Å². The molecule has 1 heterocycles. The average Bonchev–Trinajstić information content (AvgIpc) is 2.40. The fraction of sp³-hybridized carbons (Fsp3) is 0.583. The predicted molar refractivity (Wildman–Crippen MR) is 61.1 cm³/mol. The number of nitrogens with zero attached hydrogens (tertiary/aromatic N) is 1. The van der Waals surface area contributed by atoms with Gasteiger partial charge in [-0.1, -0.05) is 0 Å². The topological polar surface area (TPSA) is 74.7 Å². The van der Waals surface area contributed by atoms with Crippen LogP contribution in [0.4, 0.5) is 0 Å². The van der Waals surface area contributed by atoms with Crippen molar-refractivity contribution in [2.45, 2.75) is 40.2 Å². The molecule has 0 radical (unpaired) electrons. The van der Waals surface area contributed by atoms with E-state index >= 15 is 0 Å². The second kappa shape index (κ2) is 3.68. The first-order valence-corrected chi connectivity index (χ1v) is 5.33. The first-order chi connectivity index (χ1) is 7.53. The lowest BCUT2D eigenvalue weighted by atomic mass is 9.73. The van der Waals surface area contributed by atoms with E-state index < -0.39 is 28.7 Å². The number of carbonyl (C=O) groups excluding carboxylic acids is 2. The van der Waals surface area contributed by atoms with Gasteiger partial charge >= 0.3 is 5.97 Å². The Kier molecular flexibility index (Phi) is 2.91. The maximum atomic E-state index is 11.9. The first-order valence-electron chi connectivity index (χ1n) is 5.33. The Morgan fingerprint density at radius 1 is 1.24 bits per heavy atom. The first kappa shape index (κ1) is 13.4. The molecule has 0 unspecified atom stereocenters. The molecule has 2 amide bonds. The van der Waals surface area contributed by atoms with E-state index in [1.807, 2.05) is 0 Å². The van der Waals surface area contributed by atoms with E-state index in [1.54, 1.807) is 20.8 Å². The monoisotopic (exact) mass is 239 g/mol. The highest BCUT2D eigenvalue weighted by Crippen LogP contribution is 2.38. The van der Waals surface area contributed by atoms with Crippen LogP contribution in [0.1, 0.15) is 34.6 Å². The molecule has 5 nitrogen and oxygen atoms in total. The molecule has 5 heteroatoms. The SMILES string of the molecule is CC1=CC(=O)N(C(C)(C)C(C)(C)C(=O)O)C1=O. The third-order valence-electron chi connectivity index (χ3n) is 3.72. The Morgan fingerprint density at radius 3 is 2.00 bits per heavy atom. The summed E-state index contributed by atoms with van der Waals surface area (Å²) in [5, 5.41) is 9.21. The number of imide groups is 1. The lowest BCUT2D eigenvalue weighted by Crippen LogP contribution is -2.59. The molecule has 17 heavy (non-hydrogen) atoms. The van der Waals surface area contributed by atoms with Gasteiger partial charge in [-0.25, -0.2) is 0 Å². The molecule has 94 valence electrons. The predicted octanol–water partition coefficient (Wildman–Crippen LogP) is 1.19. The second-order valence-electron chi connectivity index (χ2n) is 5.30. The second-order valence-corrected chi connectivity index (χ2v) is 5.30. The number of hydrogen-bond donors (Lipinski definition) is 1. The molecule has 0 atom stereocenters. The zero-order valence-corrected chi connectivity index (χ0v) is 10.7. The summed E-state index contributed by atoms with van der Waals surface area (Å²) in [6.07, 6.45) is 1.24. The van der Waals surface area contributed by atoms with Crippen LogP contribution >= 0.6 is 0 Å². The van der Waals surface area contributed by atoms with Crippen molar-refractivity contribution in [1.82, 2.24) is 4.90 Å². The van der Waals surface area contributed by atoms with Crippen LogP contribution < -0.4 is 0 Å². The number of amides is 2. The van der Waals surface area contributed by atoms with E-state index in [1.165, 1.54) is 19.9 Å². The Labute approximate surface area is 100 Å². The standard InChI is InChI=1S/C12H17NO4/c1-7-6-8(14)13(9(7)15)12(4,5)11(2,3)10(16)17/h6H,1-5H3,(H,16,17). The Balaban J connectivity index is 3.22. The Morgan fingerprint density at radius 2 is 1.71 bits per heavy atom. The van der Waals surface area contributed by atoms with Gasteiger partial charge in [-0.15, -0.1) is 0 Å². The zero-order chi connectivity index (χ0) is 13.6. The maximum Gasteiger partial charge on any atom is 0.311 e. The summed E-state index contributed by atoms with van der Waals surface area (Å²) in [6.45, 7) is 7.73. The van der Waals surface area contributed by atoms with Gasteiger partial charge in [-0.05, 0) is 34.6 Å². The van der Waals surface area contributed by atoms with Gasteiger partial charge in [0.1, 0.15) is 0 Å². The molecule has 0 spiro atoms. The fourth-order valence-corrected chi connectivity index (χ4v) is 1.66. The largest absolute Gasteiger partial charge is 0.481 e. The van der Waals surface area contributed by atoms with Crippen LogP contribution in [0.5, 0.6) is 0 Å². The minimum atomic E-state index is -1.23. The average molecular weight is 239 g/mol. The number of hydrogen-bond acceptors (Lipinski definition) is 3. The van der Waals surface area contributed by atoms with Crippen molar-refractivity contribution in [3.8, 4) is 0 Å². The smallest absolute Gasteiger partial charge is 0.311 e. The van der Waals surface area contributed by atoms with Gasteiger partial charge in [0, 0.05) is 11.6 Å². The molecule has 1 aliphatic rings. The zero-order valence-electron chi connectivity index (χ0n) is 10.7. The Bertz CT molecular complexity index is 432. The summed E-state index contributed by atoms with van der Waals surface area (Å²) < 4.78 is 0. The molecule has 1 aliphatic heterocycles. The molecule has 0 bridgehead atoms. The van der Waals surface area contributed by atoms with Gasteiger partial charge in [0.25, 0.3) is 11.8 Å². The number of carboxylic acid groups (broad SMARTS) is 1. The number of carbonyl (C=O) groups is 3. The van der Waals surface area contributed by atoms with Crippen molar-refractivity contribution in [3.05, 3.63) is 11.6 Å². The van der Waals surface area contributed by atoms with Crippen LogP contribution in [0.2, 0.25) is 0 Å². The maximum absolute atomic E-state index is 11.9. The van der Waals surface area contributed by atoms with E-state index in [2.05, 4.69) is 0 Å². The van der Waals surface area contributed by atoms with Gasteiger partial charge in [-0.3, -0.25) is 19.3 Å². The quantitative estimate of drug-likeness (QED) is 0.751. The summed E-state index contributed by atoms with van der Waals surface area (Å²) in [4.78, 5) is 35.9. The van der Waals surface area contributed by atoms with Gasteiger partial charge in [-0.2, -0.15) is 0 Å². The third kappa shape index (κ3) is 1.75. The van der Waals surface area contributed by atoms with Crippen LogP contribution in [-0.2, 0) is 14.4 Å². The third-order valence-corrected chi connectivity index (χ3v) is 3.72. The molecule has 0 aromatic carbocycles. The molecule has 0 aromatic rings. The normalized spacial score (nSPS) is 17.5. The lowest BCUT2D eigenvalue weighted by molar-refractivity contribution is -0.161. The minimum Gasteiger partial charge on any atom is -0.481 e. The molecule has 0 saturated heterocycles. The molecule has 1 N–H and O–H groups in total. The van der Waals surface area contributed by atoms with Crippen LogP contribution in [0.25, 0.3) is 0 Å². The molecule has 0 aliphatic carbocycles. The number of aliphatic carboxylic acids is 1. The summed E-state index contributed by atoms with van der Waals surface area (Å²) >= 11 is 0. The number of carboxylic acids is 1. The van der Waals surface area contributed by atoms with Crippen molar-refractivity contribution in [2.24, 2.45) is 5.41 Å². The van der Waals surface area contributed by atoms with Gasteiger partial charge in [0.05, 0.1) is 11.0 Å². The van der Waals surface area contributed by atoms with Crippen LogP contribution in [0, 0.1) is 5.41 Å². The molecule has 0 fully saturated rings. The molecular weight excluding hydrogens is 222 g/mol. The molecular formula is C12H17NO4. The summed E-state index contributed by atoms with van der Waals surface area (Å²) in [5.41, 5.74) is -1.98. The molecule has 0 aromatic heterocycles. The van der Waals surface area contributed by atoms with E-state index in [9.17, 15) is 19.5 Å². The van der Waals surface area contributed by atoms with Crippen LogP contribution in [0.15, 0.2) is 11.6 Å². The van der Waals surface area contributed by atoms with Gasteiger partial charge in [0.15, 0.2) is 0 Å². The van der Waals surface area contributed by atoms with Crippen molar-refractivity contribution in [1.29, 1.82) is 0 Å². The van der Waals surface area contributed by atoms with Crippen LogP contribution in [0.3, 0.4) is 0 Å².